The summed E-state index contributed by atoms with van der Waals surface area (Å²) in [6, 6.07) is 8.14. The van der Waals surface area contributed by atoms with Gasteiger partial charge in [-0.15, -0.1) is 0 Å². The molecule has 0 aliphatic carbocycles. The highest BCUT2D eigenvalue weighted by atomic mass is 32.2. The summed E-state index contributed by atoms with van der Waals surface area (Å²) in [6.45, 7) is 2.83. The Morgan fingerprint density at radius 2 is 1.76 bits per heavy atom. The van der Waals surface area contributed by atoms with Crippen molar-refractivity contribution >= 4 is 21.6 Å². The minimum atomic E-state index is -3.58. The Morgan fingerprint density at radius 3 is 2.44 bits per heavy atom. The van der Waals surface area contributed by atoms with Gasteiger partial charge in [-0.1, -0.05) is 12.5 Å². The molecule has 1 aliphatic heterocycles. The lowest BCUT2D eigenvalue weighted by atomic mass is 10.1. The van der Waals surface area contributed by atoms with Crippen LogP contribution in [0.2, 0.25) is 0 Å². The van der Waals surface area contributed by atoms with Gasteiger partial charge in [-0.3, -0.25) is 9.78 Å². The number of rotatable bonds is 4. The molecule has 1 N–H and O–H groups in total. The van der Waals surface area contributed by atoms with E-state index in [2.05, 4.69) is 10.3 Å². The van der Waals surface area contributed by atoms with Crippen LogP contribution in [0.5, 0.6) is 0 Å². The topological polar surface area (TPSA) is 79.4 Å². The first kappa shape index (κ1) is 17.6. The van der Waals surface area contributed by atoms with Crippen LogP contribution in [0.15, 0.2) is 47.6 Å². The fourth-order valence-corrected chi connectivity index (χ4v) is 4.67. The Hall–Kier alpha value is -2.25. The van der Waals surface area contributed by atoms with Gasteiger partial charge in [0.25, 0.3) is 5.91 Å². The number of anilines is 1. The molecule has 7 heteroatoms. The molecule has 0 radical (unpaired) electrons. The van der Waals surface area contributed by atoms with Crippen molar-refractivity contribution in [2.24, 2.45) is 0 Å². The molecule has 1 amide bonds. The number of hydrogen-bond donors (Lipinski definition) is 1. The van der Waals surface area contributed by atoms with Gasteiger partial charge in [-0.05, 0) is 49.6 Å². The van der Waals surface area contributed by atoms with Crippen LogP contribution in [-0.2, 0) is 10.0 Å². The average molecular weight is 359 g/mol. The maximum Gasteiger partial charge on any atom is 0.255 e. The molecule has 2 heterocycles. The van der Waals surface area contributed by atoms with E-state index >= 15 is 0 Å². The number of benzene rings is 1. The summed E-state index contributed by atoms with van der Waals surface area (Å²) < 4.78 is 27.4. The van der Waals surface area contributed by atoms with E-state index < -0.39 is 10.0 Å². The van der Waals surface area contributed by atoms with Gasteiger partial charge in [0.2, 0.25) is 10.0 Å². The average Bonchev–Trinajstić information content (AvgIpc) is 2.63. The summed E-state index contributed by atoms with van der Waals surface area (Å²) in [4.78, 5) is 16.5. The maximum absolute atomic E-state index is 12.9. The summed E-state index contributed by atoms with van der Waals surface area (Å²) in [5.41, 5.74) is 1.57. The molecule has 0 atom stereocenters. The molecule has 132 valence electrons. The fourth-order valence-electron chi connectivity index (χ4n) is 2.90. The summed E-state index contributed by atoms with van der Waals surface area (Å²) in [7, 11) is -3.58. The zero-order chi connectivity index (χ0) is 17.9. The van der Waals surface area contributed by atoms with E-state index in [9.17, 15) is 13.2 Å². The molecule has 6 nitrogen and oxygen atoms in total. The van der Waals surface area contributed by atoms with Crippen molar-refractivity contribution in [3.05, 3.63) is 53.9 Å². The third-order valence-corrected chi connectivity index (χ3v) is 6.36. The second kappa shape index (κ2) is 7.33. The van der Waals surface area contributed by atoms with Crippen LogP contribution >= 0.6 is 0 Å². The molecule has 0 bridgehead atoms. The van der Waals surface area contributed by atoms with Gasteiger partial charge in [0, 0.05) is 36.7 Å². The number of hydrogen-bond acceptors (Lipinski definition) is 4. The Kier molecular flexibility index (Phi) is 5.15. The Morgan fingerprint density at radius 1 is 1.08 bits per heavy atom. The number of aryl methyl sites for hydroxylation is 1. The smallest absolute Gasteiger partial charge is 0.255 e. The van der Waals surface area contributed by atoms with Gasteiger partial charge >= 0.3 is 0 Å². The van der Waals surface area contributed by atoms with Crippen LogP contribution in [0.3, 0.4) is 0 Å². The first-order valence-electron chi connectivity index (χ1n) is 8.31. The number of pyridine rings is 1. The number of carbonyl (C=O) groups is 1. The van der Waals surface area contributed by atoms with Crippen molar-refractivity contribution < 1.29 is 13.2 Å². The molecule has 3 rings (SSSR count). The monoisotopic (exact) mass is 359 g/mol. The van der Waals surface area contributed by atoms with Crippen LogP contribution in [0.1, 0.15) is 35.2 Å². The van der Waals surface area contributed by atoms with E-state index in [1.54, 1.807) is 43.6 Å². The number of piperidine rings is 1. The van der Waals surface area contributed by atoms with Gasteiger partial charge in [-0.25, -0.2) is 8.42 Å². The molecule has 1 aliphatic rings. The van der Waals surface area contributed by atoms with Crippen LogP contribution in [0.25, 0.3) is 0 Å². The van der Waals surface area contributed by atoms with Gasteiger partial charge in [0.05, 0.1) is 4.90 Å². The molecule has 2 aromatic rings. The van der Waals surface area contributed by atoms with Crippen molar-refractivity contribution in [3.8, 4) is 0 Å². The second-order valence-corrected chi connectivity index (χ2v) is 8.04. The van der Waals surface area contributed by atoms with E-state index in [0.717, 1.165) is 19.3 Å². The molecule has 0 spiro atoms. The summed E-state index contributed by atoms with van der Waals surface area (Å²) in [6.07, 6.45) is 5.97. The van der Waals surface area contributed by atoms with Crippen molar-refractivity contribution in [1.82, 2.24) is 9.29 Å². The van der Waals surface area contributed by atoms with Gasteiger partial charge in [0.1, 0.15) is 0 Å². The van der Waals surface area contributed by atoms with Crippen LogP contribution in [0, 0.1) is 6.92 Å². The molecule has 0 unspecified atom stereocenters. The van der Waals surface area contributed by atoms with Crippen molar-refractivity contribution in [3.63, 3.8) is 0 Å². The van der Waals surface area contributed by atoms with Crippen LogP contribution in [-0.4, -0.2) is 36.7 Å². The number of aromatic nitrogens is 1. The quantitative estimate of drug-likeness (QED) is 0.910. The third kappa shape index (κ3) is 3.88. The van der Waals surface area contributed by atoms with Gasteiger partial charge < -0.3 is 5.32 Å². The molecule has 1 saturated heterocycles. The lowest BCUT2D eigenvalue weighted by Gasteiger charge is -2.26. The molecule has 1 aromatic carbocycles. The molecular weight excluding hydrogens is 338 g/mol. The highest BCUT2D eigenvalue weighted by molar-refractivity contribution is 7.89. The normalized spacial score (nSPS) is 15.7. The summed E-state index contributed by atoms with van der Waals surface area (Å²) >= 11 is 0. The summed E-state index contributed by atoms with van der Waals surface area (Å²) in [5.74, 6) is -0.346. The zero-order valence-electron chi connectivity index (χ0n) is 14.1. The molecule has 0 saturated carbocycles. The Labute approximate surface area is 147 Å². The Balaban J connectivity index is 1.88. The van der Waals surface area contributed by atoms with Crippen molar-refractivity contribution in [2.45, 2.75) is 31.1 Å². The zero-order valence-corrected chi connectivity index (χ0v) is 14.9. The van der Waals surface area contributed by atoms with E-state index in [-0.39, 0.29) is 10.8 Å². The van der Waals surface area contributed by atoms with Gasteiger partial charge in [0.15, 0.2) is 0 Å². The molecular formula is C18H21N3O3S. The minimum absolute atomic E-state index is 0.205. The number of nitrogens with one attached hydrogen (secondary N) is 1. The number of sulfonamides is 1. The largest absolute Gasteiger partial charge is 0.322 e. The predicted octanol–water partition coefficient (Wildman–Crippen LogP) is 2.82. The fraction of sp³-hybridized carbons (Fsp3) is 0.333. The lowest BCUT2D eigenvalue weighted by molar-refractivity contribution is 0.102. The number of carbonyl (C=O) groups excluding carboxylic acids is 1. The SMILES string of the molecule is Cc1ccc(C(=O)Nc2ccncc2)cc1S(=O)(=O)N1CCCCC1. The maximum atomic E-state index is 12.9. The number of amides is 1. The number of nitrogens with zero attached hydrogens (tertiary/aromatic N) is 2. The van der Waals surface area contributed by atoms with E-state index in [0.29, 0.717) is 29.9 Å². The van der Waals surface area contributed by atoms with Gasteiger partial charge in [-0.2, -0.15) is 4.31 Å². The highest BCUT2D eigenvalue weighted by Gasteiger charge is 2.28. The highest BCUT2D eigenvalue weighted by Crippen LogP contribution is 2.24. The molecule has 1 aromatic heterocycles. The second-order valence-electron chi connectivity index (χ2n) is 6.14. The first-order valence-corrected chi connectivity index (χ1v) is 9.75. The first-order chi connectivity index (χ1) is 12.0. The molecule has 1 fully saturated rings. The standard InChI is InChI=1S/C18H21N3O3S/c1-14-5-6-15(18(22)20-16-7-9-19-10-8-16)13-17(14)25(23,24)21-11-3-2-4-12-21/h5-10,13H,2-4,11-12H2,1H3,(H,19,20,22). The van der Waals surface area contributed by atoms with Crippen LogP contribution in [0.4, 0.5) is 5.69 Å². The van der Waals surface area contributed by atoms with E-state index in [1.807, 2.05) is 0 Å². The van der Waals surface area contributed by atoms with E-state index in [4.69, 9.17) is 0 Å². The predicted molar refractivity (Wildman–Crippen MR) is 96.0 cm³/mol. The third-order valence-electron chi connectivity index (χ3n) is 4.32. The minimum Gasteiger partial charge on any atom is -0.322 e. The summed E-state index contributed by atoms with van der Waals surface area (Å²) in [5, 5.41) is 2.75. The molecule has 25 heavy (non-hydrogen) atoms. The van der Waals surface area contributed by atoms with Crippen molar-refractivity contribution in [1.29, 1.82) is 0 Å². The van der Waals surface area contributed by atoms with Crippen LogP contribution < -0.4 is 5.32 Å². The Bertz CT molecular complexity index is 860. The van der Waals surface area contributed by atoms with Crippen molar-refractivity contribution in [2.75, 3.05) is 18.4 Å². The lowest BCUT2D eigenvalue weighted by Crippen LogP contribution is -2.36. The van der Waals surface area contributed by atoms with E-state index in [1.165, 1.54) is 10.4 Å².